The standard InChI is InChI=1S/C51H82FN3O13S/c1-13-38-49(10,66)42(61)32(6)55(27-28(2)25-48(9,65)41(60)30(4)40(59)31(5)43(62)67-38)22-14-20-53-21-18-39(58)68-51(44(63)69-45(64)54(11)12)29(3)23-36-35-16-15-33-24-34(56)17-19-46(33,7)50(35,52)37(57)26-47(36,51)8/h17,19,24,28-32,35-38,40-42,53,57,59-61,65-66H,13-16,18,20-23,25-27H2,1-12H3/t28-,29-,30+,31-,32-,35?,36?,37+,38-,40+,41-,42-,46+,47+,48-,49-,50+,51+/m1/s1. The summed E-state index contributed by atoms with van der Waals surface area (Å²) in [7, 11) is 3.01. The Morgan fingerprint density at radius 1 is 0.971 bits per heavy atom. The molecular weight excluding hydrogens is 914 g/mol. The minimum Gasteiger partial charge on any atom is -0.459 e. The van der Waals surface area contributed by atoms with Crippen LogP contribution in [0.3, 0.4) is 0 Å². The number of ether oxygens (including phenoxy) is 2. The molecule has 0 aromatic heterocycles. The molecule has 0 bridgehead atoms. The van der Waals surface area contributed by atoms with Crippen molar-refractivity contribution in [1.29, 1.82) is 0 Å². The highest BCUT2D eigenvalue weighted by atomic mass is 32.2. The van der Waals surface area contributed by atoms with Crippen LogP contribution in [0, 0.1) is 46.3 Å². The largest absolute Gasteiger partial charge is 0.459 e. The van der Waals surface area contributed by atoms with Crippen LogP contribution in [0.1, 0.15) is 121 Å². The van der Waals surface area contributed by atoms with Gasteiger partial charge in [-0.2, -0.15) is 0 Å². The Balaban J connectivity index is 1.31. The van der Waals surface area contributed by atoms with Gasteiger partial charge in [-0.15, -0.1) is 0 Å². The number of esters is 2. The van der Waals surface area contributed by atoms with E-state index in [1.54, 1.807) is 47.6 Å². The minimum atomic E-state index is -2.18. The lowest BCUT2D eigenvalue weighted by Gasteiger charge is -2.62. The van der Waals surface area contributed by atoms with Crippen LogP contribution in [0.5, 0.6) is 0 Å². The Hall–Kier alpha value is -2.81. The van der Waals surface area contributed by atoms with E-state index in [0.29, 0.717) is 62.7 Å². The number of alkyl halides is 1. The molecule has 1 aliphatic heterocycles. The van der Waals surface area contributed by atoms with Gasteiger partial charge in [0, 0.05) is 73.6 Å². The van der Waals surface area contributed by atoms with E-state index in [2.05, 4.69) is 5.32 Å². The monoisotopic (exact) mass is 996 g/mol. The van der Waals surface area contributed by atoms with Crippen LogP contribution >= 0.6 is 11.8 Å². The van der Waals surface area contributed by atoms with E-state index < -0.39 is 122 Å². The molecule has 3 saturated carbocycles. The van der Waals surface area contributed by atoms with Crippen LogP contribution < -0.4 is 5.32 Å². The quantitative estimate of drug-likeness (QED) is 0.120. The first-order chi connectivity index (χ1) is 31.9. The van der Waals surface area contributed by atoms with Crippen molar-refractivity contribution in [2.24, 2.45) is 46.3 Å². The van der Waals surface area contributed by atoms with Gasteiger partial charge in [-0.3, -0.25) is 28.9 Å². The highest BCUT2D eigenvalue weighted by molar-refractivity contribution is 8.26. The number of thioether (sulfide) groups is 1. The summed E-state index contributed by atoms with van der Waals surface area (Å²) in [5, 5.41) is 71.4. The molecule has 2 unspecified atom stereocenters. The lowest BCUT2D eigenvalue weighted by molar-refractivity contribution is -0.225. The van der Waals surface area contributed by atoms with E-state index >= 15 is 4.39 Å². The molecule has 7 N–H and O–H groups in total. The maximum Gasteiger partial charge on any atom is 0.311 e. The smallest absolute Gasteiger partial charge is 0.311 e. The third kappa shape index (κ3) is 10.4. The predicted octanol–water partition coefficient (Wildman–Crippen LogP) is 4.11. The zero-order valence-corrected chi connectivity index (χ0v) is 43.7. The number of hydrogen-bond donors (Lipinski definition) is 7. The fourth-order valence-corrected chi connectivity index (χ4v) is 14.2. The van der Waals surface area contributed by atoms with Crippen molar-refractivity contribution in [2.45, 2.75) is 180 Å². The molecule has 1 amide bonds. The normalized spacial score (nSPS) is 44.4. The number of fused-ring (bicyclic) bond motifs is 5. The van der Waals surface area contributed by atoms with E-state index in [1.165, 1.54) is 51.9 Å². The highest BCUT2D eigenvalue weighted by Crippen LogP contribution is 2.72. The summed E-state index contributed by atoms with van der Waals surface area (Å²) >= 11 is 0.437. The summed E-state index contributed by atoms with van der Waals surface area (Å²) in [5.41, 5.74) is -9.55. The second-order valence-corrected chi connectivity index (χ2v) is 23.4. The van der Waals surface area contributed by atoms with Gasteiger partial charge in [0.25, 0.3) is 5.24 Å². The van der Waals surface area contributed by atoms with Gasteiger partial charge in [0.15, 0.2) is 17.1 Å². The molecule has 0 aromatic carbocycles. The Labute approximate surface area is 412 Å². The van der Waals surface area contributed by atoms with E-state index in [-0.39, 0.29) is 43.9 Å². The number of aliphatic hydroxyl groups excluding tert-OH is 4. The lowest BCUT2D eigenvalue weighted by Crippen LogP contribution is -2.69. The van der Waals surface area contributed by atoms with Gasteiger partial charge in [0.05, 0.1) is 36.3 Å². The van der Waals surface area contributed by atoms with E-state index in [1.807, 2.05) is 11.8 Å². The summed E-state index contributed by atoms with van der Waals surface area (Å²) in [6.07, 6.45) is -1.20. The van der Waals surface area contributed by atoms with Crippen LogP contribution in [0.25, 0.3) is 0 Å². The van der Waals surface area contributed by atoms with Crippen molar-refractivity contribution in [1.82, 2.24) is 15.1 Å². The highest BCUT2D eigenvalue weighted by Gasteiger charge is 2.77. The zero-order chi connectivity index (χ0) is 52.0. The molecule has 1 saturated heterocycles. The van der Waals surface area contributed by atoms with E-state index in [9.17, 15) is 54.6 Å². The SMILES string of the molecule is CC[C@H]1OC(=O)[C@H](C)[C@@H](O)[C@H](C)[C@@H](O)[C@](C)(O)C[C@@H](C)CN(CCCNCCC(=O)O[C@]2(C(=O)SC(=O)N(C)C)[C@H](C)CC3C4CCC5=CC(=O)C=C[C@]5(C)[C@@]4(F)[C@@H](O)C[C@@]32C)[C@H](C)[C@@H](O)[C@]1(C)O. The Bertz CT molecular complexity index is 1980. The van der Waals surface area contributed by atoms with E-state index in [0.717, 1.165) is 0 Å². The van der Waals surface area contributed by atoms with Gasteiger partial charge in [0.2, 0.25) is 5.12 Å². The number of cyclic esters (lactones) is 1. The molecular formula is C51H82FN3O13S. The van der Waals surface area contributed by atoms with Crippen LogP contribution in [0.4, 0.5) is 9.18 Å². The molecule has 16 nitrogen and oxygen atoms in total. The Kier molecular flexibility index (Phi) is 17.7. The average Bonchev–Trinajstić information content (AvgIpc) is 3.49. The topological polar surface area (TPSA) is 244 Å². The van der Waals surface area contributed by atoms with Crippen molar-refractivity contribution in [2.75, 3.05) is 40.3 Å². The molecule has 0 aromatic rings. The number of halogens is 1. The van der Waals surface area contributed by atoms with Gasteiger partial charge < -0.3 is 50.3 Å². The molecule has 0 radical (unpaired) electrons. The van der Waals surface area contributed by atoms with Crippen molar-refractivity contribution < 1.29 is 68.5 Å². The lowest BCUT2D eigenvalue weighted by atomic mass is 9.45. The van der Waals surface area contributed by atoms with Gasteiger partial charge in [-0.25, -0.2) is 4.39 Å². The number of nitrogens with one attached hydrogen (secondary N) is 1. The molecule has 5 aliphatic rings. The molecule has 18 atom stereocenters. The van der Waals surface area contributed by atoms with Gasteiger partial charge in [0.1, 0.15) is 17.8 Å². The average molecular weight is 996 g/mol. The fourth-order valence-electron chi connectivity index (χ4n) is 13.3. The maximum absolute atomic E-state index is 18.0. The molecule has 4 fully saturated rings. The number of amides is 1. The van der Waals surface area contributed by atoms with E-state index in [4.69, 9.17) is 9.47 Å². The van der Waals surface area contributed by atoms with Gasteiger partial charge >= 0.3 is 11.9 Å². The molecule has 1 heterocycles. The first-order valence-corrected chi connectivity index (χ1v) is 25.8. The second-order valence-electron chi connectivity index (χ2n) is 22.5. The second kappa shape index (κ2) is 21.3. The van der Waals surface area contributed by atoms with Gasteiger partial charge in [-0.05, 0) is 117 Å². The summed E-state index contributed by atoms with van der Waals surface area (Å²) < 4.78 is 30.1. The molecule has 5 rings (SSSR count). The maximum atomic E-state index is 18.0. The van der Waals surface area contributed by atoms with Gasteiger partial charge in [-0.1, -0.05) is 46.3 Å². The third-order valence-electron chi connectivity index (χ3n) is 17.4. The predicted molar refractivity (Wildman–Crippen MR) is 258 cm³/mol. The summed E-state index contributed by atoms with van der Waals surface area (Å²) in [6.45, 7) is 17.7. The number of nitrogens with zero attached hydrogens (tertiary/aromatic N) is 2. The number of carbonyl (C=O) groups is 5. The number of allylic oxidation sites excluding steroid dienone is 4. The molecule has 18 heteroatoms. The number of carbonyl (C=O) groups excluding carboxylic acids is 5. The summed E-state index contributed by atoms with van der Waals surface area (Å²) in [5.74, 6) is -5.98. The molecule has 0 spiro atoms. The number of ketones is 1. The molecule has 392 valence electrons. The summed E-state index contributed by atoms with van der Waals surface area (Å²) in [4.78, 5) is 70.6. The number of hydrogen-bond acceptors (Lipinski definition) is 16. The van der Waals surface area contributed by atoms with Crippen molar-refractivity contribution in [3.8, 4) is 0 Å². The number of rotatable bonds is 10. The third-order valence-corrected chi connectivity index (χ3v) is 18.4. The van der Waals surface area contributed by atoms with Crippen molar-refractivity contribution >= 4 is 39.8 Å². The Morgan fingerprint density at radius 2 is 1.62 bits per heavy atom. The van der Waals surface area contributed by atoms with Crippen LogP contribution in [-0.4, -0.2) is 168 Å². The van der Waals surface area contributed by atoms with Crippen LogP contribution in [-0.2, 0) is 28.7 Å². The minimum absolute atomic E-state index is 0.105. The Morgan fingerprint density at radius 3 is 2.25 bits per heavy atom. The summed E-state index contributed by atoms with van der Waals surface area (Å²) in [6, 6.07) is -0.698. The number of aliphatic hydroxyl groups is 6. The van der Waals surface area contributed by atoms with Crippen molar-refractivity contribution in [3.63, 3.8) is 0 Å². The van der Waals surface area contributed by atoms with Crippen LogP contribution in [0.2, 0.25) is 0 Å². The first kappa shape index (κ1) is 57.1. The first-order valence-electron chi connectivity index (χ1n) is 25.0. The van der Waals surface area contributed by atoms with Crippen LogP contribution in [0.15, 0.2) is 23.8 Å². The molecule has 69 heavy (non-hydrogen) atoms. The van der Waals surface area contributed by atoms with Crippen molar-refractivity contribution in [3.05, 3.63) is 23.8 Å². The fraction of sp³-hybridized carbons (Fsp3) is 0.824. The zero-order valence-electron chi connectivity index (χ0n) is 42.9. The molecule has 4 aliphatic carbocycles.